The van der Waals surface area contributed by atoms with E-state index >= 15 is 0 Å². The zero-order chi connectivity index (χ0) is 20.3. The Kier molecular flexibility index (Phi) is 4.33. The smallest absolute Gasteiger partial charge is 0.129 e. The Morgan fingerprint density at radius 3 is 2.29 bits per heavy atom. The van der Waals surface area contributed by atoms with Crippen molar-refractivity contribution in [1.82, 2.24) is 4.57 Å². The number of aromatic nitrogens is 1. The lowest BCUT2D eigenvalue weighted by Gasteiger charge is -2.31. The summed E-state index contributed by atoms with van der Waals surface area (Å²) in [5.41, 5.74) is 8.41. The highest BCUT2D eigenvalue weighted by atomic mass is 19.1. The summed E-state index contributed by atoms with van der Waals surface area (Å²) in [5.74, 6) is -1.02. The topological polar surface area (TPSA) is 8.17 Å². The van der Waals surface area contributed by atoms with Crippen LogP contribution in [-0.2, 0) is 13.0 Å². The maximum Gasteiger partial charge on any atom is 0.129 e. The Balaban J connectivity index is 2.18. The Morgan fingerprint density at radius 2 is 1.68 bits per heavy atom. The first kappa shape index (κ1) is 18.7. The van der Waals surface area contributed by atoms with E-state index in [2.05, 4.69) is 43.0 Å². The predicted octanol–water partition coefficient (Wildman–Crippen LogP) is 6.08. The van der Waals surface area contributed by atoms with Gasteiger partial charge in [-0.15, -0.1) is 0 Å². The summed E-state index contributed by atoms with van der Waals surface area (Å²) in [7, 11) is 2.11. The molecule has 0 saturated heterocycles. The summed E-state index contributed by atoms with van der Waals surface area (Å²) in [6.45, 7) is 13.6. The Morgan fingerprint density at radius 1 is 1.04 bits per heavy atom. The van der Waals surface area contributed by atoms with E-state index in [1.165, 1.54) is 30.4 Å². The number of rotatable bonds is 3. The molecule has 2 heterocycles. The van der Waals surface area contributed by atoms with Gasteiger partial charge in [0.05, 0.1) is 11.2 Å². The largest absolute Gasteiger partial charge is 0.371 e. The van der Waals surface area contributed by atoms with Gasteiger partial charge in [0.25, 0.3) is 0 Å². The fourth-order valence-corrected chi connectivity index (χ4v) is 4.55. The molecular formula is C24H26F2N2. The maximum atomic E-state index is 14.5. The lowest BCUT2D eigenvalue weighted by molar-refractivity contribution is 0.569. The third-order valence-corrected chi connectivity index (χ3v) is 6.00. The maximum absolute atomic E-state index is 14.5. The molecule has 146 valence electrons. The lowest BCUT2D eigenvalue weighted by Crippen LogP contribution is -2.29. The summed E-state index contributed by atoms with van der Waals surface area (Å²) in [4.78, 5) is 2.29. The highest BCUT2D eigenvalue weighted by molar-refractivity contribution is 6.06. The molecule has 0 unspecified atom stereocenters. The van der Waals surface area contributed by atoms with Crippen molar-refractivity contribution in [1.29, 1.82) is 0 Å². The third-order valence-electron chi connectivity index (χ3n) is 6.00. The summed E-state index contributed by atoms with van der Waals surface area (Å²) >= 11 is 0. The Bertz CT molecular complexity index is 1110. The van der Waals surface area contributed by atoms with E-state index in [0.717, 1.165) is 46.3 Å². The van der Waals surface area contributed by atoms with E-state index in [4.69, 9.17) is 0 Å². The van der Waals surface area contributed by atoms with Crippen molar-refractivity contribution in [3.63, 3.8) is 0 Å². The number of hydrogen-bond donors (Lipinski definition) is 0. The second-order valence-electron chi connectivity index (χ2n) is 8.15. The molecular weight excluding hydrogens is 354 g/mol. The summed E-state index contributed by atoms with van der Waals surface area (Å²) in [6, 6.07) is 5.09. The minimum atomic E-state index is -0.508. The molecule has 0 N–H and O–H groups in total. The monoisotopic (exact) mass is 380 g/mol. The summed E-state index contributed by atoms with van der Waals surface area (Å²) in [5, 5.41) is 1.06. The number of likely N-dealkylation sites (N-methyl/N-ethyl adjacent to an activating group) is 1. The van der Waals surface area contributed by atoms with Gasteiger partial charge in [0, 0.05) is 36.8 Å². The molecule has 2 aromatic carbocycles. The number of benzene rings is 2. The second kappa shape index (κ2) is 6.47. The molecule has 4 rings (SSSR count). The van der Waals surface area contributed by atoms with Gasteiger partial charge < -0.3 is 9.47 Å². The SMILES string of the molecule is C=C(C)Cc1c(C)c2c3c(cc(C)n3CCN2C)c1-c1cc(F)c(C)c(F)c1. The van der Waals surface area contributed by atoms with Gasteiger partial charge in [0.1, 0.15) is 11.6 Å². The molecule has 1 aliphatic heterocycles. The van der Waals surface area contributed by atoms with E-state index in [1.807, 2.05) is 6.92 Å². The standard InChI is InChI=1S/C24H26F2N2/c1-13(2)9-18-15(4)23-24-19(10-14(3)28(24)8-7-27(23)6)22(18)17-11-20(25)16(5)21(26)12-17/h10-12H,1,7-9H2,2-6H3. The van der Waals surface area contributed by atoms with Crippen molar-refractivity contribution in [3.05, 3.63) is 64.4 Å². The van der Waals surface area contributed by atoms with E-state index in [1.54, 1.807) is 0 Å². The van der Waals surface area contributed by atoms with E-state index in [0.29, 0.717) is 12.0 Å². The van der Waals surface area contributed by atoms with Crippen LogP contribution in [0, 0.1) is 32.4 Å². The first-order valence-corrected chi connectivity index (χ1v) is 9.67. The fraction of sp³-hybridized carbons (Fsp3) is 0.333. The zero-order valence-corrected chi connectivity index (χ0v) is 17.2. The van der Waals surface area contributed by atoms with E-state index < -0.39 is 11.6 Å². The number of allylic oxidation sites excluding steroid dienone is 1. The first-order valence-electron chi connectivity index (χ1n) is 9.67. The van der Waals surface area contributed by atoms with Crippen LogP contribution in [0.4, 0.5) is 14.5 Å². The molecule has 0 atom stereocenters. The van der Waals surface area contributed by atoms with Crippen LogP contribution in [0.2, 0.25) is 0 Å². The van der Waals surface area contributed by atoms with Crippen LogP contribution < -0.4 is 4.90 Å². The van der Waals surface area contributed by atoms with Crippen LogP contribution >= 0.6 is 0 Å². The van der Waals surface area contributed by atoms with E-state index in [9.17, 15) is 8.78 Å². The molecule has 3 aromatic rings. The molecule has 1 aromatic heterocycles. The number of hydrogen-bond acceptors (Lipinski definition) is 1. The van der Waals surface area contributed by atoms with Gasteiger partial charge >= 0.3 is 0 Å². The van der Waals surface area contributed by atoms with Crippen molar-refractivity contribution >= 4 is 16.6 Å². The van der Waals surface area contributed by atoms with Crippen molar-refractivity contribution < 1.29 is 8.78 Å². The van der Waals surface area contributed by atoms with Crippen molar-refractivity contribution in [3.8, 4) is 11.1 Å². The Labute approximate surface area is 165 Å². The Hall–Kier alpha value is -2.62. The molecule has 0 aliphatic carbocycles. The summed E-state index contributed by atoms with van der Waals surface area (Å²) in [6.07, 6.45) is 0.680. The highest BCUT2D eigenvalue weighted by Crippen LogP contribution is 2.45. The van der Waals surface area contributed by atoms with Crippen molar-refractivity contribution in [2.75, 3.05) is 18.5 Å². The quantitative estimate of drug-likeness (QED) is 0.500. The second-order valence-corrected chi connectivity index (χ2v) is 8.15. The lowest BCUT2D eigenvalue weighted by atomic mass is 9.87. The van der Waals surface area contributed by atoms with Crippen LogP contribution in [-0.4, -0.2) is 18.2 Å². The molecule has 4 heteroatoms. The molecule has 0 saturated carbocycles. The van der Waals surface area contributed by atoms with Crippen LogP contribution in [0.5, 0.6) is 0 Å². The minimum Gasteiger partial charge on any atom is -0.371 e. The summed E-state index contributed by atoms with van der Waals surface area (Å²) < 4.78 is 31.2. The normalized spacial score (nSPS) is 13.5. The van der Waals surface area contributed by atoms with Crippen molar-refractivity contribution in [2.24, 2.45) is 0 Å². The number of halogens is 2. The van der Waals surface area contributed by atoms with Gasteiger partial charge in [-0.05, 0) is 74.6 Å². The van der Waals surface area contributed by atoms with Crippen LogP contribution in [0.3, 0.4) is 0 Å². The van der Waals surface area contributed by atoms with Gasteiger partial charge in [0.15, 0.2) is 0 Å². The molecule has 2 nitrogen and oxygen atoms in total. The third kappa shape index (κ3) is 2.66. The van der Waals surface area contributed by atoms with Gasteiger partial charge in [-0.3, -0.25) is 0 Å². The minimum absolute atomic E-state index is 0.0596. The van der Waals surface area contributed by atoms with Crippen LogP contribution in [0.1, 0.15) is 29.3 Å². The van der Waals surface area contributed by atoms with Gasteiger partial charge in [-0.25, -0.2) is 8.78 Å². The average Bonchev–Trinajstić information content (AvgIpc) is 2.94. The van der Waals surface area contributed by atoms with E-state index in [-0.39, 0.29) is 5.56 Å². The molecule has 28 heavy (non-hydrogen) atoms. The molecule has 1 aliphatic rings. The van der Waals surface area contributed by atoms with Crippen LogP contribution in [0.15, 0.2) is 30.4 Å². The van der Waals surface area contributed by atoms with Gasteiger partial charge in [-0.2, -0.15) is 0 Å². The highest BCUT2D eigenvalue weighted by Gasteiger charge is 2.27. The fourth-order valence-electron chi connectivity index (χ4n) is 4.55. The first-order chi connectivity index (χ1) is 13.2. The molecule has 0 spiro atoms. The van der Waals surface area contributed by atoms with Crippen LogP contribution in [0.25, 0.3) is 22.0 Å². The number of nitrogens with zero attached hydrogens (tertiary/aromatic N) is 2. The number of aryl methyl sites for hydroxylation is 1. The zero-order valence-electron chi connectivity index (χ0n) is 17.2. The van der Waals surface area contributed by atoms with Crippen molar-refractivity contribution in [2.45, 2.75) is 40.7 Å². The number of anilines is 1. The predicted molar refractivity (Wildman–Crippen MR) is 113 cm³/mol. The molecule has 0 amide bonds. The van der Waals surface area contributed by atoms with Gasteiger partial charge in [0.2, 0.25) is 0 Å². The molecule has 0 bridgehead atoms. The molecule has 0 radical (unpaired) electrons. The van der Waals surface area contributed by atoms with Gasteiger partial charge in [-0.1, -0.05) is 12.2 Å². The molecule has 0 fully saturated rings. The average molecular weight is 380 g/mol.